The fraction of sp³-hybridized carbons (Fsp3) is 0.348. The van der Waals surface area contributed by atoms with Crippen LogP contribution >= 0.6 is 0 Å². The lowest BCUT2D eigenvalue weighted by Gasteiger charge is -2.12. The first-order valence-electron chi connectivity index (χ1n) is 10.1. The predicted octanol–water partition coefficient (Wildman–Crippen LogP) is 3.92. The summed E-state index contributed by atoms with van der Waals surface area (Å²) in [5.41, 5.74) is 3.96. The molecule has 2 aromatic carbocycles. The third-order valence-corrected chi connectivity index (χ3v) is 6.55. The Morgan fingerprint density at radius 3 is 2.37 bits per heavy atom. The normalized spacial score (nSPS) is 17.5. The summed E-state index contributed by atoms with van der Waals surface area (Å²) in [6, 6.07) is 15.0. The van der Waals surface area contributed by atoms with Gasteiger partial charge in [0, 0.05) is 38.7 Å². The van der Waals surface area contributed by atoms with E-state index in [1.54, 1.807) is 18.4 Å². The number of hydrogen-bond acceptors (Lipinski definition) is 5. The molecule has 2 heterocycles. The van der Waals surface area contributed by atoms with Crippen molar-refractivity contribution in [3.8, 4) is 11.1 Å². The van der Waals surface area contributed by atoms with E-state index in [0.29, 0.717) is 30.2 Å². The Kier molecular flexibility index (Phi) is 6.01. The van der Waals surface area contributed by atoms with Crippen molar-refractivity contribution in [2.24, 2.45) is 0 Å². The van der Waals surface area contributed by atoms with Crippen LogP contribution in [0, 0.1) is 0 Å². The van der Waals surface area contributed by atoms with Gasteiger partial charge in [-0.2, -0.15) is 0 Å². The molecule has 0 radical (unpaired) electrons. The highest BCUT2D eigenvalue weighted by molar-refractivity contribution is 7.90. The first-order valence-corrected chi connectivity index (χ1v) is 11.9. The van der Waals surface area contributed by atoms with Gasteiger partial charge in [0.25, 0.3) is 0 Å². The number of sulfone groups is 1. The van der Waals surface area contributed by atoms with Crippen LogP contribution in [0.5, 0.6) is 0 Å². The maximum atomic E-state index is 13.2. The quantitative estimate of drug-likeness (QED) is 0.571. The molecule has 7 heteroatoms. The largest absolute Gasteiger partial charge is 0.448 e. The fourth-order valence-corrected chi connectivity index (χ4v) is 4.32. The van der Waals surface area contributed by atoms with Gasteiger partial charge in [-0.15, -0.1) is 0 Å². The van der Waals surface area contributed by atoms with E-state index in [2.05, 4.69) is 9.88 Å². The maximum absolute atomic E-state index is 13.2. The van der Waals surface area contributed by atoms with Crippen molar-refractivity contribution in [2.75, 3.05) is 25.9 Å². The number of nitrogens with zero attached hydrogens (tertiary/aromatic N) is 2. The minimum absolute atomic E-state index is 0.316. The molecular weight excluding hydrogens is 403 g/mol. The van der Waals surface area contributed by atoms with E-state index in [4.69, 9.17) is 4.42 Å². The highest BCUT2D eigenvalue weighted by atomic mass is 32.2. The standard InChI is InChI=1S/C23H25FN2O3S/c1-30(27,28)22-8-6-19(7-9-22)18-4-2-17(3-5-18)14-23-25-21(16-29-23)11-13-26-12-10-20(24)15-26/h2-9,16,20H,10-15H2,1H3/t20-/m1/s1. The molecule has 5 nitrogen and oxygen atoms in total. The van der Waals surface area contributed by atoms with Gasteiger partial charge in [0.05, 0.1) is 10.6 Å². The Balaban J connectivity index is 1.35. The van der Waals surface area contributed by atoms with E-state index in [9.17, 15) is 12.8 Å². The number of hydrogen-bond donors (Lipinski definition) is 0. The molecule has 158 valence electrons. The highest BCUT2D eigenvalue weighted by Crippen LogP contribution is 2.23. The van der Waals surface area contributed by atoms with Crippen LogP contribution in [-0.2, 0) is 22.7 Å². The molecule has 1 fully saturated rings. The van der Waals surface area contributed by atoms with Crippen LogP contribution in [0.25, 0.3) is 11.1 Å². The number of alkyl halides is 1. The molecule has 0 aliphatic carbocycles. The maximum Gasteiger partial charge on any atom is 0.198 e. The van der Waals surface area contributed by atoms with Gasteiger partial charge in [-0.3, -0.25) is 4.90 Å². The molecule has 1 aliphatic heterocycles. The van der Waals surface area contributed by atoms with Crippen molar-refractivity contribution in [1.82, 2.24) is 9.88 Å². The Hall–Kier alpha value is -2.51. The number of benzene rings is 2. The third kappa shape index (κ3) is 5.15. The van der Waals surface area contributed by atoms with Crippen molar-refractivity contribution < 1.29 is 17.2 Å². The summed E-state index contributed by atoms with van der Waals surface area (Å²) >= 11 is 0. The van der Waals surface area contributed by atoms with Gasteiger partial charge in [0.15, 0.2) is 15.7 Å². The van der Waals surface area contributed by atoms with Gasteiger partial charge < -0.3 is 4.42 Å². The summed E-state index contributed by atoms with van der Waals surface area (Å²) in [6.45, 7) is 2.14. The minimum Gasteiger partial charge on any atom is -0.448 e. The van der Waals surface area contributed by atoms with Gasteiger partial charge in [-0.25, -0.2) is 17.8 Å². The van der Waals surface area contributed by atoms with E-state index in [-0.39, 0.29) is 0 Å². The Morgan fingerprint density at radius 2 is 1.77 bits per heavy atom. The van der Waals surface area contributed by atoms with Crippen LogP contribution in [0.15, 0.2) is 64.1 Å². The van der Waals surface area contributed by atoms with Crippen LogP contribution in [-0.4, -0.2) is 50.4 Å². The summed E-state index contributed by atoms with van der Waals surface area (Å²) in [4.78, 5) is 7.00. The molecule has 0 N–H and O–H groups in total. The van der Waals surface area contributed by atoms with Crippen molar-refractivity contribution in [3.63, 3.8) is 0 Å². The molecule has 1 saturated heterocycles. The van der Waals surface area contributed by atoms with Crippen molar-refractivity contribution in [2.45, 2.75) is 30.3 Å². The second kappa shape index (κ2) is 8.70. The second-order valence-corrected chi connectivity index (χ2v) is 9.86. The van der Waals surface area contributed by atoms with Crippen molar-refractivity contribution in [3.05, 3.63) is 71.9 Å². The fourth-order valence-electron chi connectivity index (χ4n) is 3.69. The van der Waals surface area contributed by atoms with Crippen LogP contribution in [0.4, 0.5) is 4.39 Å². The molecule has 3 aromatic rings. The first kappa shape index (κ1) is 20.8. The zero-order chi connectivity index (χ0) is 21.1. The van der Waals surface area contributed by atoms with Crippen LogP contribution in [0.3, 0.4) is 0 Å². The van der Waals surface area contributed by atoms with E-state index < -0.39 is 16.0 Å². The lowest BCUT2D eigenvalue weighted by molar-refractivity contribution is 0.289. The third-order valence-electron chi connectivity index (χ3n) is 5.42. The highest BCUT2D eigenvalue weighted by Gasteiger charge is 2.21. The Labute approximate surface area is 176 Å². The zero-order valence-electron chi connectivity index (χ0n) is 16.9. The SMILES string of the molecule is CS(=O)(=O)c1ccc(-c2ccc(Cc3nc(CCN4CC[C@@H](F)C4)co3)cc2)cc1. The smallest absolute Gasteiger partial charge is 0.198 e. The molecule has 0 saturated carbocycles. The number of rotatable bonds is 7. The molecular formula is C23H25FN2O3S. The number of aromatic nitrogens is 1. The van der Waals surface area contributed by atoms with Gasteiger partial charge in [-0.05, 0) is 35.2 Å². The van der Waals surface area contributed by atoms with Crippen molar-refractivity contribution >= 4 is 9.84 Å². The first-order chi connectivity index (χ1) is 14.4. The summed E-state index contributed by atoms with van der Waals surface area (Å²) < 4.78 is 42.0. The topological polar surface area (TPSA) is 63.4 Å². The summed E-state index contributed by atoms with van der Waals surface area (Å²) in [7, 11) is -3.19. The summed E-state index contributed by atoms with van der Waals surface area (Å²) in [5, 5.41) is 0. The average molecular weight is 429 g/mol. The van der Waals surface area contributed by atoms with E-state index in [1.165, 1.54) is 6.26 Å². The molecule has 0 unspecified atom stereocenters. The molecule has 1 atom stereocenters. The van der Waals surface area contributed by atoms with Crippen LogP contribution in [0.2, 0.25) is 0 Å². The van der Waals surface area contributed by atoms with E-state index >= 15 is 0 Å². The molecule has 30 heavy (non-hydrogen) atoms. The van der Waals surface area contributed by atoms with Gasteiger partial charge >= 0.3 is 0 Å². The Morgan fingerprint density at radius 1 is 1.10 bits per heavy atom. The molecule has 1 aliphatic rings. The van der Waals surface area contributed by atoms with E-state index in [1.807, 2.05) is 36.4 Å². The predicted molar refractivity (Wildman–Crippen MR) is 114 cm³/mol. The second-order valence-electron chi connectivity index (χ2n) is 7.84. The van der Waals surface area contributed by atoms with E-state index in [0.717, 1.165) is 41.9 Å². The number of halogens is 1. The number of likely N-dealkylation sites (tertiary alicyclic amines) is 1. The van der Waals surface area contributed by atoms with Crippen molar-refractivity contribution in [1.29, 1.82) is 0 Å². The van der Waals surface area contributed by atoms with Gasteiger partial charge in [0.2, 0.25) is 0 Å². The monoisotopic (exact) mass is 428 g/mol. The van der Waals surface area contributed by atoms with Gasteiger partial charge in [-0.1, -0.05) is 36.4 Å². The lowest BCUT2D eigenvalue weighted by Crippen LogP contribution is -2.23. The minimum atomic E-state index is -3.19. The Bertz CT molecular complexity index is 1090. The van der Waals surface area contributed by atoms with Gasteiger partial charge in [0.1, 0.15) is 12.4 Å². The number of oxazole rings is 1. The molecule has 4 rings (SSSR count). The molecule has 1 aromatic heterocycles. The molecule has 0 amide bonds. The van der Waals surface area contributed by atoms with Crippen LogP contribution < -0.4 is 0 Å². The summed E-state index contributed by atoms with van der Waals surface area (Å²) in [5.74, 6) is 0.667. The average Bonchev–Trinajstić information content (AvgIpc) is 3.35. The summed E-state index contributed by atoms with van der Waals surface area (Å²) in [6.07, 6.45) is 4.19. The molecule has 0 bridgehead atoms. The molecule has 0 spiro atoms. The lowest BCUT2D eigenvalue weighted by atomic mass is 10.0. The van der Waals surface area contributed by atoms with Crippen LogP contribution in [0.1, 0.15) is 23.6 Å². The zero-order valence-corrected chi connectivity index (χ0v) is 17.7.